The molecule has 0 amide bonds. The molecule has 0 aliphatic carbocycles. The number of nitrogens with zero attached hydrogens (tertiary/aromatic N) is 1. The van der Waals surface area contributed by atoms with Gasteiger partial charge in [0, 0.05) is 13.1 Å². The van der Waals surface area contributed by atoms with Crippen molar-refractivity contribution in [3.05, 3.63) is 0 Å². The van der Waals surface area contributed by atoms with Crippen molar-refractivity contribution in [1.29, 1.82) is 0 Å². The Labute approximate surface area is 105 Å². The van der Waals surface area contributed by atoms with E-state index in [0.717, 1.165) is 13.1 Å². The molecule has 7 heteroatoms. The standard InChI is InChI=1S/C10H21NO5S/c1-3-11(4-2)17-10-8(15)7(14)9(16-10)6(13)5-12/h6-10,12-15H,3-5H2,1-2H3/t6-,7-,8-,9+,10+/m1/s1. The second kappa shape index (κ2) is 6.89. The lowest BCUT2D eigenvalue weighted by Crippen LogP contribution is -2.40. The van der Waals surface area contributed by atoms with Gasteiger partial charge in [-0.25, -0.2) is 4.31 Å². The Kier molecular flexibility index (Phi) is 6.14. The van der Waals surface area contributed by atoms with Crippen molar-refractivity contribution in [3.8, 4) is 0 Å². The highest BCUT2D eigenvalue weighted by molar-refractivity contribution is 7.97. The highest BCUT2D eigenvalue weighted by Gasteiger charge is 2.46. The SMILES string of the molecule is CCN(CC)S[C@@H]1O[C@@H]([C@H](O)CO)[C@H](O)[C@H]1O. The summed E-state index contributed by atoms with van der Waals surface area (Å²) in [5.74, 6) is 0. The van der Waals surface area contributed by atoms with Crippen LogP contribution in [0, 0.1) is 0 Å². The van der Waals surface area contributed by atoms with Gasteiger partial charge in [0.15, 0.2) is 0 Å². The summed E-state index contributed by atoms with van der Waals surface area (Å²) < 4.78 is 7.36. The normalized spacial score (nSPS) is 35.5. The zero-order valence-corrected chi connectivity index (χ0v) is 10.9. The van der Waals surface area contributed by atoms with Gasteiger partial charge >= 0.3 is 0 Å². The monoisotopic (exact) mass is 267 g/mol. The van der Waals surface area contributed by atoms with Crippen molar-refractivity contribution in [3.63, 3.8) is 0 Å². The summed E-state index contributed by atoms with van der Waals surface area (Å²) in [6, 6.07) is 0. The maximum Gasteiger partial charge on any atom is 0.146 e. The molecular weight excluding hydrogens is 246 g/mol. The van der Waals surface area contributed by atoms with Crippen LogP contribution in [-0.2, 0) is 4.74 Å². The summed E-state index contributed by atoms with van der Waals surface area (Å²) in [6.45, 7) is 5.04. The van der Waals surface area contributed by atoms with Gasteiger partial charge in [-0.3, -0.25) is 0 Å². The van der Waals surface area contributed by atoms with Gasteiger partial charge in [-0.05, 0) is 11.9 Å². The van der Waals surface area contributed by atoms with Crippen molar-refractivity contribution >= 4 is 11.9 Å². The average Bonchev–Trinajstić information content (AvgIpc) is 2.63. The van der Waals surface area contributed by atoms with Crippen molar-refractivity contribution in [2.45, 2.75) is 43.7 Å². The Morgan fingerprint density at radius 1 is 1.24 bits per heavy atom. The van der Waals surface area contributed by atoms with Crippen LogP contribution < -0.4 is 0 Å². The maximum atomic E-state index is 9.80. The van der Waals surface area contributed by atoms with Gasteiger partial charge < -0.3 is 25.2 Å². The van der Waals surface area contributed by atoms with Crippen molar-refractivity contribution in [2.75, 3.05) is 19.7 Å². The van der Waals surface area contributed by atoms with Gasteiger partial charge in [0.05, 0.1) is 6.61 Å². The van der Waals surface area contributed by atoms with Gasteiger partial charge in [-0.15, -0.1) is 0 Å². The van der Waals surface area contributed by atoms with Crippen LogP contribution in [-0.4, -0.2) is 74.3 Å². The van der Waals surface area contributed by atoms with Gasteiger partial charge in [-0.1, -0.05) is 13.8 Å². The first-order chi connectivity index (χ1) is 8.04. The molecule has 1 rings (SSSR count). The molecule has 0 aromatic rings. The minimum absolute atomic E-state index is 0.503. The quantitative estimate of drug-likeness (QED) is 0.448. The van der Waals surface area contributed by atoms with Gasteiger partial charge in [0.1, 0.15) is 29.9 Å². The smallest absolute Gasteiger partial charge is 0.146 e. The maximum absolute atomic E-state index is 9.80. The van der Waals surface area contributed by atoms with E-state index in [1.54, 1.807) is 0 Å². The Morgan fingerprint density at radius 3 is 2.29 bits per heavy atom. The molecule has 0 spiro atoms. The van der Waals surface area contributed by atoms with E-state index in [2.05, 4.69) is 0 Å². The van der Waals surface area contributed by atoms with Gasteiger partial charge in [0.2, 0.25) is 0 Å². The number of hydrogen-bond donors (Lipinski definition) is 4. The van der Waals surface area contributed by atoms with Crippen LogP contribution >= 0.6 is 11.9 Å². The highest BCUT2D eigenvalue weighted by atomic mass is 32.2. The number of ether oxygens (including phenoxy) is 1. The van der Waals surface area contributed by atoms with Gasteiger partial charge in [-0.2, -0.15) is 0 Å². The lowest BCUT2D eigenvalue weighted by Gasteiger charge is -2.23. The second-order valence-electron chi connectivity index (χ2n) is 3.92. The summed E-state index contributed by atoms with van der Waals surface area (Å²) in [5, 5.41) is 37.8. The lowest BCUT2D eigenvalue weighted by atomic mass is 10.1. The number of rotatable bonds is 6. The highest BCUT2D eigenvalue weighted by Crippen LogP contribution is 2.32. The molecule has 6 nitrogen and oxygen atoms in total. The van der Waals surface area contributed by atoms with Crippen LogP contribution in [0.2, 0.25) is 0 Å². The van der Waals surface area contributed by atoms with E-state index in [4.69, 9.17) is 9.84 Å². The molecule has 0 aromatic carbocycles. The van der Waals surface area contributed by atoms with Crippen LogP contribution in [0.25, 0.3) is 0 Å². The summed E-state index contributed by atoms with van der Waals surface area (Å²) in [6.07, 6.45) is -4.36. The van der Waals surface area contributed by atoms with E-state index in [1.165, 1.54) is 11.9 Å². The lowest BCUT2D eigenvalue weighted by molar-refractivity contribution is -0.0715. The van der Waals surface area contributed by atoms with Crippen molar-refractivity contribution in [2.24, 2.45) is 0 Å². The summed E-state index contributed by atoms with van der Waals surface area (Å²) in [5.41, 5.74) is -0.615. The van der Waals surface area contributed by atoms with Crippen molar-refractivity contribution < 1.29 is 25.2 Å². The van der Waals surface area contributed by atoms with E-state index < -0.39 is 36.5 Å². The molecule has 0 aromatic heterocycles. The van der Waals surface area contributed by atoms with Crippen LogP contribution in [0.15, 0.2) is 0 Å². The average molecular weight is 267 g/mol. The van der Waals surface area contributed by atoms with Crippen LogP contribution in [0.5, 0.6) is 0 Å². The third-order valence-corrected chi connectivity index (χ3v) is 4.19. The van der Waals surface area contributed by atoms with E-state index in [0.29, 0.717) is 0 Å². The first-order valence-corrected chi connectivity index (χ1v) is 6.61. The molecule has 1 aliphatic rings. The Morgan fingerprint density at radius 2 is 1.82 bits per heavy atom. The molecule has 0 unspecified atom stereocenters. The minimum Gasteiger partial charge on any atom is -0.394 e. The molecule has 4 N–H and O–H groups in total. The summed E-state index contributed by atoms with van der Waals surface area (Å²) in [4.78, 5) is 0. The molecule has 5 atom stereocenters. The summed E-state index contributed by atoms with van der Waals surface area (Å²) in [7, 11) is 0. The predicted molar refractivity (Wildman–Crippen MR) is 64.3 cm³/mol. The van der Waals surface area contributed by atoms with Crippen LogP contribution in [0.3, 0.4) is 0 Å². The third kappa shape index (κ3) is 3.54. The minimum atomic E-state index is -1.18. The molecule has 1 heterocycles. The zero-order chi connectivity index (χ0) is 13.0. The predicted octanol–water partition coefficient (Wildman–Crippen LogP) is -1.22. The van der Waals surface area contributed by atoms with Crippen molar-refractivity contribution in [1.82, 2.24) is 4.31 Å². The van der Waals surface area contributed by atoms with Crippen LogP contribution in [0.1, 0.15) is 13.8 Å². The Hall–Kier alpha value is 0.110. The summed E-state index contributed by atoms with van der Waals surface area (Å²) >= 11 is 1.30. The molecule has 1 aliphatic heterocycles. The molecule has 0 bridgehead atoms. The molecule has 102 valence electrons. The zero-order valence-electron chi connectivity index (χ0n) is 10.1. The molecule has 0 saturated carbocycles. The molecule has 17 heavy (non-hydrogen) atoms. The largest absolute Gasteiger partial charge is 0.394 e. The fourth-order valence-corrected chi connectivity index (χ4v) is 2.76. The molecule has 1 fully saturated rings. The second-order valence-corrected chi connectivity index (χ2v) is 5.11. The Balaban J connectivity index is 2.58. The number of aliphatic hydroxyl groups is 4. The van der Waals surface area contributed by atoms with Crippen LogP contribution in [0.4, 0.5) is 0 Å². The third-order valence-electron chi connectivity index (χ3n) is 2.78. The van der Waals surface area contributed by atoms with E-state index in [1.807, 2.05) is 18.2 Å². The van der Waals surface area contributed by atoms with Gasteiger partial charge in [0.25, 0.3) is 0 Å². The Bertz CT molecular complexity index is 229. The molecule has 0 radical (unpaired) electrons. The fourth-order valence-electron chi connectivity index (χ4n) is 1.70. The molecular formula is C10H21NO5S. The topological polar surface area (TPSA) is 93.4 Å². The number of hydrogen-bond acceptors (Lipinski definition) is 7. The first-order valence-electron chi connectivity index (χ1n) is 5.77. The fraction of sp³-hybridized carbons (Fsp3) is 1.00. The molecule has 1 saturated heterocycles. The number of aliphatic hydroxyl groups excluding tert-OH is 4. The van der Waals surface area contributed by atoms with E-state index in [-0.39, 0.29) is 0 Å². The van der Waals surface area contributed by atoms with E-state index >= 15 is 0 Å². The van der Waals surface area contributed by atoms with E-state index in [9.17, 15) is 15.3 Å². The first kappa shape index (κ1) is 15.2.